The second-order valence-corrected chi connectivity index (χ2v) is 5.91. The highest BCUT2D eigenvalue weighted by Crippen LogP contribution is 2.33. The summed E-state index contributed by atoms with van der Waals surface area (Å²) in [5.41, 5.74) is 16.7. The molecule has 0 bridgehead atoms. The highest BCUT2D eigenvalue weighted by molar-refractivity contribution is 6.11. The number of benzene rings is 3. The van der Waals surface area contributed by atoms with E-state index in [0.717, 1.165) is 44.3 Å². The number of rotatable bonds is 2. The van der Waals surface area contributed by atoms with E-state index in [4.69, 9.17) is 19.3 Å². The molecule has 0 atom stereocenters. The lowest BCUT2D eigenvalue weighted by Gasteiger charge is -2.12. The Balaban J connectivity index is 2.27. The summed E-state index contributed by atoms with van der Waals surface area (Å²) in [5, 5.41) is 3.34. The maximum atomic E-state index is 6.12. The van der Waals surface area contributed by atoms with E-state index in [1.54, 1.807) is 0 Å². The molecule has 0 aliphatic carbocycles. The fraction of sp³-hybridized carbons (Fsp3) is 0.0500. The van der Waals surface area contributed by atoms with Crippen LogP contribution in [0.2, 0.25) is 0 Å². The molecule has 3 nitrogen and oxygen atoms in total. The van der Waals surface area contributed by atoms with Crippen LogP contribution >= 0.6 is 0 Å². The molecule has 0 aliphatic rings. The van der Waals surface area contributed by atoms with E-state index in [0.29, 0.717) is 6.44 Å². The molecule has 0 spiro atoms. The van der Waals surface area contributed by atoms with Gasteiger partial charge < -0.3 is 11.5 Å². The topological polar surface area (TPSA) is 55.9 Å². The third-order valence-electron chi connectivity index (χ3n) is 4.40. The number of anilines is 2. The van der Waals surface area contributed by atoms with Gasteiger partial charge in [0.1, 0.15) is 6.44 Å². The Hall–Kier alpha value is -3.01. The number of fused-ring (bicyclic) bond motifs is 3. The second-order valence-electron chi connectivity index (χ2n) is 5.91. The van der Waals surface area contributed by atoms with Crippen LogP contribution in [0.5, 0.6) is 0 Å². The van der Waals surface area contributed by atoms with Gasteiger partial charge in [0.15, 0.2) is 7.85 Å². The van der Waals surface area contributed by atoms with Gasteiger partial charge in [-0.15, -0.1) is 0 Å². The molecule has 114 valence electrons. The maximum absolute atomic E-state index is 6.12. The van der Waals surface area contributed by atoms with Gasteiger partial charge in [-0.1, -0.05) is 24.3 Å². The fourth-order valence-electron chi connectivity index (χ4n) is 3.36. The molecule has 0 saturated carbocycles. The van der Waals surface area contributed by atoms with Crippen molar-refractivity contribution in [2.75, 3.05) is 11.5 Å². The standard InChI is InChI=1S/C20H16BN3/c21-12-24-19-11-15(23)7-9-17(19)16-8-6-14(22)10-18(16)20(24)13-4-2-1-3-5-13/h1-11,23H,12,22H2/p+1. The van der Waals surface area contributed by atoms with Gasteiger partial charge in [-0.25, -0.2) is 4.57 Å². The van der Waals surface area contributed by atoms with Gasteiger partial charge in [0.2, 0.25) is 11.2 Å². The average Bonchev–Trinajstić information content (AvgIpc) is 2.61. The molecule has 2 radical (unpaired) electrons. The van der Waals surface area contributed by atoms with E-state index in [-0.39, 0.29) is 0 Å². The Morgan fingerprint density at radius 3 is 2.12 bits per heavy atom. The fourth-order valence-corrected chi connectivity index (χ4v) is 3.36. The zero-order valence-electron chi connectivity index (χ0n) is 13.2. The first-order valence-electron chi connectivity index (χ1n) is 7.89. The molecule has 0 saturated heterocycles. The maximum Gasteiger partial charge on any atom is 0.220 e. The molecular weight excluding hydrogens is 293 g/mol. The predicted octanol–water partition coefficient (Wildman–Crippen LogP) is 3.24. The lowest BCUT2D eigenvalue weighted by Crippen LogP contribution is -2.38. The number of pyridine rings is 1. The number of nitrogens with zero attached hydrogens (tertiary/aromatic N) is 1. The number of nitrogen functional groups attached to an aromatic ring is 2. The molecular formula is C20H17BN3+. The van der Waals surface area contributed by atoms with Crippen molar-refractivity contribution in [2.45, 2.75) is 6.44 Å². The molecule has 4 N–H and O–H groups in total. The van der Waals surface area contributed by atoms with Crippen LogP contribution in [0.25, 0.3) is 32.9 Å². The largest absolute Gasteiger partial charge is 0.399 e. The molecule has 1 heterocycles. The van der Waals surface area contributed by atoms with Crippen molar-refractivity contribution in [1.29, 1.82) is 0 Å². The van der Waals surface area contributed by atoms with E-state index >= 15 is 0 Å². The van der Waals surface area contributed by atoms with Crippen LogP contribution in [0.4, 0.5) is 11.4 Å². The number of hydrogen-bond acceptors (Lipinski definition) is 2. The molecule has 4 heteroatoms. The van der Waals surface area contributed by atoms with Gasteiger partial charge in [0.25, 0.3) is 0 Å². The molecule has 0 fully saturated rings. The normalized spacial score (nSPS) is 11.2. The van der Waals surface area contributed by atoms with E-state index in [1.165, 1.54) is 0 Å². The lowest BCUT2D eigenvalue weighted by atomic mass is 9.97. The number of aromatic nitrogens is 1. The second kappa shape index (κ2) is 5.57. The van der Waals surface area contributed by atoms with Crippen molar-refractivity contribution in [3.05, 3.63) is 66.7 Å². The van der Waals surface area contributed by atoms with Crippen LogP contribution in [0.3, 0.4) is 0 Å². The molecule has 0 amide bonds. The van der Waals surface area contributed by atoms with Crippen molar-refractivity contribution < 1.29 is 4.57 Å². The first kappa shape index (κ1) is 14.6. The van der Waals surface area contributed by atoms with Gasteiger partial charge in [0.05, 0.1) is 10.8 Å². The minimum Gasteiger partial charge on any atom is -0.399 e. The van der Waals surface area contributed by atoms with Crippen LogP contribution < -0.4 is 16.0 Å². The summed E-state index contributed by atoms with van der Waals surface area (Å²) in [6.45, 7) is 0. The smallest absolute Gasteiger partial charge is 0.220 e. The van der Waals surface area contributed by atoms with Crippen LogP contribution in [0, 0.1) is 0 Å². The molecule has 0 unspecified atom stereocenters. The third kappa shape index (κ3) is 2.19. The Labute approximate surface area is 141 Å². The molecule has 4 rings (SSSR count). The molecule has 0 aliphatic heterocycles. The average molecular weight is 310 g/mol. The third-order valence-corrected chi connectivity index (χ3v) is 4.40. The van der Waals surface area contributed by atoms with Crippen LogP contribution in [0.15, 0.2) is 66.7 Å². The van der Waals surface area contributed by atoms with E-state index in [2.05, 4.69) is 22.8 Å². The molecule has 24 heavy (non-hydrogen) atoms. The highest BCUT2D eigenvalue weighted by Gasteiger charge is 2.22. The summed E-state index contributed by atoms with van der Waals surface area (Å²) in [4.78, 5) is 0. The molecule has 3 aromatic carbocycles. The Bertz CT molecular complexity index is 1060. The van der Waals surface area contributed by atoms with Crippen LogP contribution in [0.1, 0.15) is 0 Å². The van der Waals surface area contributed by atoms with Crippen LogP contribution in [-0.4, -0.2) is 7.85 Å². The van der Waals surface area contributed by atoms with E-state index in [9.17, 15) is 0 Å². The number of hydrogen-bond donors (Lipinski definition) is 2. The molecule has 1 aromatic heterocycles. The van der Waals surface area contributed by atoms with Crippen molar-refractivity contribution in [3.8, 4) is 11.3 Å². The van der Waals surface area contributed by atoms with Gasteiger partial charge in [-0.05, 0) is 36.4 Å². The van der Waals surface area contributed by atoms with Crippen LogP contribution in [-0.2, 0) is 6.44 Å². The monoisotopic (exact) mass is 310 g/mol. The SMILES string of the molecule is [B]C[n+]1c(-c2ccccc2)c2cc(N)ccc2c2ccc(N)cc21. The minimum absolute atomic E-state index is 0.356. The van der Waals surface area contributed by atoms with Crippen molar-refractivity contribution in [1.82, 2.24) is 0 Å². The summed E-state index contributed by atoms with van der Waals surface area (Å²) in [6, 6.07) is 22.2. The van der Waals surface area contributed by atoms with Crippen molar-refractivity contribution >= 4 is 40.9 Å². The lowest BCUT2D eigenvalue weighted by molar-refractivity contribution is -0.639. The predicted molar refractivity (Wildman–Crippen MR) is 102 cm³/mol. The van der Waals surface area contributed by atoms with Gasteiger partial charge in [0, 0.05) is 28.4 Å². The zero-order chi connectivity index (χ0) is 16.7. The zero-order valence-corrected chi connectivity index (χ0v) is 13.2. The van der Waals surface area contributed by atoms with Gasteiger partial charge in [-0.2, -0.15) is 0 Å². The summed E-state index contributed by atoms with van der Waals surface area (Å²) in [5.74, 6) is 0. The summed E-state index contributed by atoms with van der Waals surface area (Å²) in [7, 11) is 6.12. The van der Waals surface area contributed by atoms with Crippen molar-refractivity contribution in [2.24, 2.45) is 0 Å². The Morgan fingerprint density at radius 2 is 1.42 bits per heavy atom. The van der Waals surface area contributed by atoms with E-state index in [1.807, 2.05) is 48.5 Å². The molecule has 4 aromatic rings. The van der Waals surface area contributed by atoms with Gasteiger partial charge in [-0.3, -0.25) is 0 Å². The number of nitrogens with two attached hydrogens (primary N) is 2. The Kier molecular flexibility index (Phi) is 3.38. The Morgan fingerprint density at radius 1 is 0.750 bits per heavy atom. The minimum atomic E-state index is 0.356. The first-order chi connectivity index (χ1) is 11.7. The van der Waals surface area contributed by atoms with Crippen molar-refractivity contribution in [3.63, 3.8) is 0 Å². The summed E-state index contributed by atoms with van der Waals surface area (Å²) < 4.78 is 2.10. The highest BCUT2D eigenvalue weighted by atomic mass is 15.0. The summed E-state index contributed by atoms with van der Waals surface area (Å²) >= 11 is 0. The first-order valence-corrected chi connectivity index (χ1v) is 7.89. The van der Waals surface area contributed by atoms with E-state index < -0.39 is 0 Å². The van der Waals surface area contributed by atoms with Gasteiger partial charge >= 0.3 is 0 Å². The summed E-state index contributed by atoms with van der Waals surface area (Å²) in [6.07, 6.45) is 0.356. The quantitative estimate of drug-likeness (QED) is 0.258.